The number of carbonyl (C=O) groups excluding carboxylic acids is 1. The predicted molar refractivity (Wildman–Crippen MR) is 63.6 cm³/mol. The summed E-state index contributed by atoms with van der Waals surface area (Å²) in [5.74, 6) is 0.869. The molecular formula is C12H19N3O2. The molecule has 0 saturated carbocycles. The third kappa shape index (κ3) is 3.06. The van der Waals surface area contributed by atoms with Gasteiger partial charge < -0.3 is 14.7 Å². The molecule has 1 saturated heterocycles. The summed E-state index contributed by atoms with van der Waals surface area (Å²) >= 11 is 0. The molecule has 1 aromatic rings. The van der Waals surface area contributed by atoms with Crippen molar-refractivity contribution < 1.29 is 9.32 Å². The molecule has 1 fully saturated rings. The van der Waals surface area contributed by atoms with Gasteiger partial charge >= 0.3 is 0 Å². The Labute approximate surface area is 101 Å². The van der Waals surface area contributed by atoms with Crippen molar-refractivity contribution in [2.45, 2.75) is 39.3 Å². The van der Waals surface area contributed by atoms with Crippen LogP contribution >= 0.6 is 0 Å². The van der Waals surface area contributed by atoms with E-state index in [0.29, 0.717) is 24.2 Å². The molecule has 1 aliphatic rings. The largest absolute Gasteiger partial charge is 0.361 e. The summed E-state index contributed by atoms with van der Waals surface area (Å²) in [6.07, 6.45) is 0.330. The average Bonchev–Trinajstić information content (AvgIpc) is 2.62. The first-order valence-corrected chi connectivity index (χ1v) is 6.00. The highest BCUT2D eigenvalue weighted by molar-refractivity contribution is 5.78. The van der Waals surface area contributed by atoms with E-state index in [1.54, 1.807) is 0 Å². The van der Waals surface area contributed by atoms with Gasteiger partial charge in [-0.15, -0.1) is 0 Å². The molecule has 2 rings (SSSR count). The molecule has 0 aromatic carbocycles. The summed E-state index contributed by atoms with van der Waals surface area (Å²) in [5, 5.41) is 7.25. The van der Waals surface area contributed by atoms with Crippen molar-refractivity contribution in [3.05, 3.63) is 17.5 Å². The minimum absolute atomic E-state index is 0.124. The molecule has 5 nitrogen and oxygen atoms in total. The number of aromatic nitrogens is 1. The monoisotopic (exact) mass is 237 g/mol. The lowest BCUT2D eigenvalue weighted by Crippen LogP contribution is -2.56. The van der Waals surface area contributed by atoms with Crippen LogP contribution in [0.15, 0.2) is 10.6 Å². The predicted octanol–water partition coefficient (Wildman–Crippen LogP) is 0.734. The smallest absolute Gasteiger partial charge is 0.228 e. The Morgan fingerprint density at radius 2 is 2.18 bits per heavy atom. The molecule has 1 N–H and O–H groups in total. The Morgan fingerprint density at radius 3 is 2.71 bits per heavy atom. The van der Waals surface area contributed by atoms with E-state index in [0.717, 1.165) is 18.8 Å². The molecule has 0 aliphatic carbocycles. The van der Waals surface area contributed by atoms with Gasteiger partial charge in [-0.3, -0.25) is 4.79 Å². The van der Waals surface area contributed by atoms with Crippen molar-refractivity contribution in [3.63, 3.8) is 0 Å². The van der Waals surface area contributed by atoms with Gasteiger partial charge in [0.05, 0.1) is 12.1 Å². The van der Waals surface area contributed by atoms with Gasteiger partial charge in [-0.2, -0.15) is 0 Å². The summed E-state index contributed by atoms with van der Waals surface area (Å²) in [6.45, 7) is 7.54. The Balaban J connectivity index is 1.95. The number of hydrogen-bond acceptors (Lipinski definition) is 4. The van der Waals surface area contributed by atoms with Gasteiger partial charge in [0.2, 0.25) is 5.91 Å². The van der Waals surface area contributed by atoms with Gasteiger partial charge in [0, 0.05) is 31.2 Å². The molecule has 1 amide bonds. The van der Waals surface area contributed by atoms with Crippen molar-refractivity contribution in [3.8, 4) is 0 Å². The number of piperazine rings is 1. The van der Waals surface area contributed by atoms with Crippen molar-refractivity contribution in [2.75, 3.05) is 13.1 Å². The Bertz CT molecular complexity index is 392. The highest BCUT2D eigenvalue weighted by Gasteiger charge is 2.25. The van der Waals surface area contributed by atoms with E-state index in [4.69, 9.17) is 4.52 Å². The normalized spacial score (nSPS) is 25.0. The number of rotatable bonds is 2. The van der Waals surface area contributed by atoms with Crippen molar-refractivity contribution in [1.82, 2.24) is 15.4 Å². The standard InChI is InChI=1S/C12H19N3O2/c1-8-6-15(7-9(2)13-8)12(16)5-11-4-10(3)17-14-11/h4,8-9,13H,5-7H2,1-3H3/t8-,9-/m0/s1. The summed E-state index contributed by atoms with van der Waals surface area (Å²) in [4.78, 5) is 14.0. The molecule has 0 unspecified atom stereocenters. The molecule has 1 aromatic heterocycles. The first-order chi connectivity index (χ1) is 8.04. The van der Waals surface area contributed by atoms with Crippen LogP contribution in [0.5, 0.6) is 0 Å². The zero-order valence-corrected chi connectivity index (χ0v) is 10.6. The number of carbonyl (C=O) groups is 1. The van der Waals surface area contributed by atoms with Gasteiger partial charge in [-0.25, -0.2) is 0 Å². The second-order valence-electron chi connectivity index (χ2n) is 4.87. The number of amides is 1. The summed E-state index contributed by atoms with van der Waals surface area (Å²) in [6, 6.07) is 2.51. The summed E-state index contributed by atoms with van der Waals surface area (Å²) < 4.78 is 4.96. The van der Waals surface area contributed by atoms with Crippen LogP contribution in [0.4, 0.5) is 0 Å². The van der Waals surface area contributed by atoms with Crippen LogP contribution in [0.1, 0.15) is 25.3 Å². The average molecular weight is 237 g/mol. The van der Waals surface area contributed by atoms with E-state index in [9.17, 15) is 4.79 Å². The van der Waals surface area contributed by atoms with Crippen molar-refractivity contribution in [1.29, 1.82) is 0 Å². The van der Waals surface area contributed by atoms with Gasteiger partial charge in [0.1, 0.15) is 5.76 Å². The van der Waals surface area contributed by atoms with Crippen LogP contribution in [0.3, 0.4) is 0 Å². The molecule has 0 radical (unpaired) electrons. The maximum atomic E-state index is 12.1. The van der Waals surface area contributed by atoms with Crippen LogP contribution < -0.4 is 5.32 Å². The van der Waals surface area contributed by atoms with Gasteiger partial charge in [-0.05, 0) is 20.8 Å². The maximum Gasteiger partial charge on any atom is 0.228 e. The fraction of sp³-hybridized carbons (Fsp3) is 0.667. The highest BCUT2D eigenvalue weighted by atomic mass is 16.5. The molecule has 17 heavy (non-hydrogen) atoms. The number of aryl methyl sites for hydroxylation is 1. The minimum atomic E-state index is 0.124. The van der Waals surface area contributed by atoms with Crippen LogP contribution in [-0.4, -0.2) is 41.1 Å². The van der Waals surface area contributed by atoms with E-state index in [-0.39, 0.29) is 5.91 Å². The summed E-state index contributed by atoms with van der Waals surface area (Å²) in [5.41, 5.74) is 0.714. The maximum absolute atomic E-state index is 12.1. The topological polar surface area (TPSA) is 58.4 Å². The molecular weight excluding hydrogens is 218 g/mol. The zero-order valence-electron chi connectivity index (χ0n) is 10.6. The molecule has 2 heterocycles. The molecule has 0 spiro atoms. The van der Waals surface area contributed by atoms with Crippen LogP contribution in [-0.2, 0) is 11.2 Å². The highest BCUT2D eigenvalue weighted by Crippen LogP contribution is 2.08. The molecule has 94 valence electrons. The number of hydrogen-bond donors (Lipinski definition) is 1. The zero-order chi connectivity index (χ0) is 12.4. The fourth-order valence-electron chi connectivity index (χ4n) is 2.30. The second-order valence-corrected chi connectivity index (χ2v) is 4.87. The molecule has 1 aliphatic heterocycles. The van der Waals surface area contributed by atoms with Crippen LogP contribution in [0.2, 0.25) is 0 Å². The van der Waals surface area contributed by atoms with Crippen molar-refractivity contribution >= 4 is 5.91 Å². The SMILES string of the molecule is Cc1cc(CC(=O)N2C[C@H](C)N[C@@H](C)C2)no1. The number of nitrogens with one attached hydrogen (secondary N) is 1. The van der Waals surface area contributed by atoms with E-state index >= 15 is 0 Å². The van der Waals surface area contributed by atoms with Gasteiger partial charge in [0.15, 0.2) is 0 Å². The lowest BCUT2D eigenvalue weighted by Gasteiger charge is -2.36. The van der Waals surface area contributed by atoms with E-state index in [1.165, 1.54) is 0 Å². The van der Waals surface area contributed by atoms with E-state index in [1.807, 2.05) is 17.9 Å². The third-order valence-corrected chi connectivity index (χ3v) is 2.92. The molecule has 5 heteroatoms. The van der Waals surface area contributed by atoms with E-state index in [2.05, 4.69) is 24.3 Å². The minimum Gasteiger partial charge on any atom is -0.361 e. The van der Waals surface area contributed by atoms with Gasteiger partial charge in [-0.1, -0.05) is 5.16 Å². The number of nitrogens with zero attached hydrogens (tertiary/aromatic N) is 2. The first-order valence-electron chi connectivity index (χ1n) is 6.00. The van der Waals surface area contributed by atoms with Crippen LogP contribution in [0, 0.1) is 6.92 Å². The first kappa shape index (κ1) is 12.1. The van der Waals surface area contributed by atoms with Gasteiger partial charge in [0.25, 0.3) is 0 Å². The Morgan fingerprint density at radius 1 is 1.53 bits per heavy atom. The van der Waals surface area contributed by atoms with Crippen molar-refractivity contribution in [2.24, 2.45) is 0 Å². The Kier molecular flexibility index (Phi) is 3.47. The lowest BCUT2D eigenvalue weighted by atomic mass is 10.1. The second kappa shape index (κ2) is 4.87. The molecule has 0 bridgehead atoms. The quantitative estimate of drug-likeness (QED) is 0.824. The van der Waals surface area contributed by atoms with E-state index < -0.39 is 0 Å². The lowest BCUT2D eigenvalue weighted by molar-refractivity contribution is -0.132. The molecule has 2 atom stereocenters. The third-order valence-electron chi connectivity index (χ3n) is 2.92. The Hall–Kier alpha value is -1.36. The fourth-order valence-corrected chi connectivity index (χ4v) is 2.30. The summed E-state index contributed by atoms with van der Waals surface area (Å²) in [7, 11) is 0. The van der Waals surface area contributed by atoms with Crippen LogP contribution in [0.25, 0.3) is 0 Å².